The molecule has 4 heteroatoms. The van der Waals surface area contributed by atoms with Gasteiger partial charge in [0.05, 0.1) is 11.9 Å². The smallest absolute Gasteiger partial charge is 0.126 e. The van der Waals surface area contributed by atoms with Crippen LogP contribution >= 0.6 is 11.3 Å². The van der Waals surface area contributed by atoms with E-state index in [4.69, 9.17) is 5.73 Å². The largest absolute Gasteiger partial charge is 0.397 e. The molecule has 2 rings (SSSR count). The van der Waals surface area contributed by atoms with E-state index in [2.05, 4.69) is 41.7 Å². The molecule has 2 aromatic rings. The second-order valence-electron chi connectivity index (χ2n) is 4.69. The van der Waals surface area contributed by atoms with Crippen LogP contribution in [0.2, 0.25) is 0 Å². The first kappa shape index (κ1) is 11.9. The lowest BCUT2D eigenvalue weighted by Crippen LogP contribution is -2.26. The summed E-state index contributed by atoms with van der Waals surface area (Å²) in [6.07, 6.45) is 1.67. The van der Waals surface area contributed by atoms with Gasteiger partial charge in [-0.15, -0.1) is 11.3 Å². The fourth-order valence-corrected chi connectivity index (χ4v) is 2.42. The molecule has 0 saturated carbocycles. The van der Waals surface area contributed by atoms with Gasteiger partial charge in [-0.2, -0.15) is 0 Å². The summed E-state index contributed by atoms with van der Waals surface area (Å²) in [4.78, 5) is 5.61. The lowest BCUT2D eigenvalue weighted by molar-refractivity contribution is 0.568. The average molecular weight is 247 g/mol. The minimum Gasteiger partial charge on any atom is -0.397 e. The zero-order valence-corrected chi connectivity index (χ0v) is 10.9. The van der Waals surface area contributed by atoms with Gasteiger partial charge in [0.2, 0.25) is 0 Å². The highest BCUT2D eigenvalue weighted by molar-refractivity contribution is 7.10. The minimum absolute atomic E-state index is 0.108. The van der Waals surface area contributed by atoms with Crippen molar-refractivity contribution in [1.82, 2.24) is 4.98 Å². The van der Waals surface area contributed by atoms with Crippen LogP contribution in [0.4, 0.5) is 11.5 Å². The molecule has 2 aromatic heterocycles. The standard InChI is InChI=1S/C13H17N3S/c1-13(2,11-4-3-7-17-11)9-16-12-6-5-10(14)8-15-12/h3-8H,9,14H2,1-2H3,(H,15,16). The third kappa shape index (κ3) is 2.97. The third-order valence-corrected chi connectivity index (χ3v) is 3.92. The van der Waals surface area contributed by atoms with Crippen LogP contribution in [0, 0.1) is 0 Å². The number of anilines is 2. The number of rotatable bonds is 4. The van der Waals surface area contributed by atoms with Gasteiger partial charge in [0, 0.05) is 16.8 Å². The van der Waals surface area contributed by atoms with Crippen LogP contribution in [0.1, 0.15) is 18.7 Å². The van der Waals surface area contributed by atoms with Crippen LogP contribution in [-0.2, 0) is 5.41 Å². The predicted molar refractivity (Wildman–Crippen MR) is 74.5 cm³/mol. The topological polar surface area (TPSA) is 50.9 Å². The second kappa shape index (κ2) is 4.75. The summed E-state index contributed by atoms with van der Waals surface area (Å²) in [6.45, 7) is 5.30. The van der Waals surface area contributed by atoms with Crippen molar-refractivity contribution >= 4 is 22.8 Å². The number of thiophene rings is 1. The molecule has 3 N–H and O–H groups in total. The molecule has 17 heavy (non-hydrogen) atoms. The Hall–Kier alpha value is -1.55. The zero-order valence-electron chi connectivity index (χ0n) is 10.1. The van der Waals surface area contributed by atoms with Crippen molar-refractivity contribution in [3.8, 4) is 0 Å². The number of nitrogens with zero attached hydrogens (tertiary/aromatic N) is 1. The Morgan fingerprint density at radius 1 is 1.35 bits per heavy atom. The summed E-state index contributed by atoms with van der Waals surface area (Å²) < 4.78 is 0. The molecule has 0 amide bonds. The number of nitrogens with two attached hydrogens (primary N) is 1. The number of pyridine rings is 1. The second-order valence-corrected chi connectivity index (χ2v) is 5.64. The molecule has 0 fully saturated rings. The van der Waals surface area contributed by atoms with E-state index in [0.717, 1.165) is 12.4 Å². The molecule has 0 aliphatic heterocycles. The molecule has 0 aromatic carbocycles. The average Bonchev–Trinajstić information content (AvgIpc) is 2.82. The van der Waals surface area contributed by atoms with E-state index in [-0.39, 0.29) is 5.41 Å². The molecule has 0 atom stereocenters. The Kier molecular flexibility index (Phi) is 3.33. The summed E-state index contributed by atoms with van der Waals surface area (Å²) in [5.74, 6) is 0.865. The summed E-state index contributed by atoms with van der Waals surface area (Å²) in [7, 11) is 0. The molecular formula is C13H17N3S. The fraction of sp³-hybridized carbons (Fsp3) is 0.308. The van der Waals surface area contributed by atoms with Crippen LogP contribution in [0.5, 0.6) is 0 Å². The lowest BCUT2D eigenvalue weighted by Gasteiger charge is -2.23. The monoisotopic (exact) mass is 247 g/mol. The Bertz CT molecular complexity index is 460. The van der Waals surface area contributed by atoms with E-state index >= 15 is 0 Å². The number of nitrogen functional groups attached to an aromatic ring is 1. The molecule has 0 bridgehead atoms. The minimum atomic E-state index is 0.108. The number of aromatic nitrogens is 1. The van der Waals surface area contributed by atoms with Gasteiger partial charge < -0.3 is 11.1 Å². The Labute approximate surface area is 106 Å². The van der Waals surface area contributed by atoms with E-state index in [9.17, 15) is 0 Å². The molecule has 90 valence electrons. The van der Waals surface area contributed by atoms with Gasteiger partial charge in [0.25, 0.3) is 0 Å². The van der Waals surface area contributed by atoms with Gasteiger partial charge in [-0.25, -0.2) is 4.98 Å². The van der Waals surface area contributed by atoms with Gasteiger partial charge in [0.1, 0.15) is 5.82 Å². The normalized spacial score (nSPS) is 11.4. The SMILES string of the molecule is CC(C)(CNc1ccc(N)cn1)c1cccs1. The number of hydrogen-bond donors (Lipinski definition) is 2. The van der Waals surface area contributed by atoms with Crippen LogP contribution in [0.25, 0.3) is 0 Å². The van der Waals surface area contributed by atoms with Crippen molar-refractivity contribution in [3.05, 3.63) is 40.7 Å². The summed E-state index contributed by atoms with van der Waals surface area (Å²) in [5.41, 5.74) is 6.39. The first-order valence-electron chi connectivity index (χ1n) is 5.57. The van der Waals surface area contributed by atoms with Crippen molar-refractivity contribution in [2.45, 2.75) is 19.3 Å². The Balaban J connectivity index is 2.00. The molecular weight excluding hydrogens is 230 g/mol. The van der Waals surface area contributed by atoms with E-state index in [1.165, 1.54) is 4.88 Å². The summed E-state index contributed by atoms with van der Waals surface area (Å²) in [5, 5.41) is 5.45. The Morgan fingerprint density at radius 3 is 2.76 bits per heavy atom. The van der Waals surface area contributed by atoms with Gasteiger partial charge in [-0.05, 0) is 23.6 Å². The fourth-order valence-electron chi connectivity index (χ4n) is 1.57. The van der Waals surface area contributed by atoms with Gasteiger partial charge in [-0.3, -0.25) is 0 Å². The van der Waals surface area contributed by atoms with Crippen molar-refractivity contribution < 1.29 is 0 Å². The number of nitrogens with one attached hydrogen (secondary N) is 1. The lowest BCUT2D eigenvalue weighted by atomic mass is 9.91. The van der Waals surface area contributed by atoms with Gasteiger partial charge >= 0.3 is 0 Å². The van der Waals surface area contributed by atoms with E-state index < -0.39 is 0 Å². The maximum atomic E-state index is 5.60. The summed E-state index contributed by atoms with van der Waals surface area (Å²) >= 11 is 1.79. The van der Waals surface area contributed by atoms with Crippen molar-refractivity contribution in [1.29, 1.82) is 0 Å². The van der Waals surface area contributed by atoms with Crippen molar-refractivity contribution in [2.75, 3.05) is 17.6 Å². The third-order valence-electron chi connectivity index (χ3n) is 2.69. The summed E-state index contributed by atoms with van der Waals surface area (Å²) in [6, 6.07) is 8.01. The maximum absolute atomic E-state index is 5.60. The highest BCUT2D eigenvalue weighted by atomic mass is 32.1. The Morgan fingerprint density at radius 2 is 2.18 bits per heavy atom. The molecule has 0 radical (unpaired) electrons. The molecule has 0 aliphatic rings. The predicted octanol–water partition coefficient (Wildman–Crippen LogP) is 3.12. The maximum Gasteiger partial charge on any atom is 0.126 e. The highest BCUT2D eigenvalue weighted by Gasteiger charge is 2.21. The first-order valence-corrected chi connectivity index (χ1v) is 6.45. The van der Waals surface area contributed by atoms with Crippen LogP contribution in [0.15, 0.2) is 35.8 Å². The van der Waals surface area contributed by atoms with Gasteiger partial charge in [-0.1, -0.05) is 19.9 Å². The van der Waals surface area contributed by atoms with Crippen LogP contribution in [-0.4, -0.2) is 11.5 Å². The number of hydrogen-bond acceptors (Lipinski definition) is 4. The quantitative estimate of drug-likeness (QED) is 0.872. The molecule has 3 nitrogen and oxygen atoms in total. The van der Waals surface area contributed by atoms with Crippen molar-refractivity contribution in [3.63, 3.8) is 0 Å². The van der Waals surface area contributed by atoms with E-state index in [1.54, 1.807) is 17.5 Å². The molecule has 0 unspecified atom stereocenters. The molecule has 0 spiro atoms. The molecule has 0 aliphatic carbocycles. The van der Waals surface area contributed by atoms with Crippen LogP contribution < -0.4 is 11.1 Å². The van der Waals surface area contributed by atoms with Crippen molar-refractivity contribution in [2.24, 2.45) is 0 Å². The molecule has 0 saturated heterocycles. The van der Waals surface area contributed by atoms with Gasteiger partial charge in [0.15, 0.2) is 0 Å². The molecule has 2 heterocycles. The van der Waals surface area contributed by atoms with E-state index in [0.29, 0.717) is 5.69 Å². The first-order chi connectivity index (χ1) is 8.08. The van der Waals surface area contributed by atoms with Crippen LogP contribution in [0.3, 0.4) is 0 Å². The zero-order chi connectivity index (χ0) is 12.3. The highest BCUT2D eigenvalue weighted by Crippen LogP contribution is 2.27. The van der Waals surface area contributed by atoms with E-state index in [1.807, 2.05) is 12.1 Å².